The first-order valence-electron chi connectivity index (χ1n) is 12.9. The average Bonchev–Trinajstić information content (AvgIpc) is 2.95. The Morgan fingerprint density at radius 3 is 1.86 bits per heavy atom. The second kappa shape index (κ2) is 17.6. The minimum Gasteiger partial charge on any atom is -0.496 e. The molecule has 0 aromatic heterocycles. The fraction of sp³-hybridized carbons (Fsp3) is 0.310. The van der Waals surface area contributed by atoms with Crippen molar-refractivity contribution >= 4 is 49.4 Å². The van der Waals surface area contributed by atoms with E-state index in [-0.39, 0.29) is 41.8 Å². The number of carboxylic acid groups (broad SMARTS) is 1. The second-order valence-corrected chi connectivity index (χ2v) is 13.3. The zero-order valence-electron chi connectivity index (χ0n) is 24.4. The van der Waals surface area contributed by atoms with Crippen molar-refractivity contribution in [3.05, 3.63) is 80.1 Å². The summed E-state index contributed by atoms with van der Waals surface area (Å²) in [5.41, 5.74) is 0.761. The Kier molecular flexibility index (Phi) is 15.3. The Morgan fingerprint density at radius 2 is 1.48 bits per heavy atom. The van der Waals surface area contributed by atoms with Crippen molar-refractivity contribution in [1.82, 2.24) is 0 Å². The highest BCUT2D eigenvalue weighted by molar-refractivity contribution is 6.58. The summed E-state index contributed by atoms with van der Waals surface area (Å²) in [7, 11) is 1.58. The molecule has 0 saturated carbocycles. The first kappa shape index (κ1) is 38.3. The zero-order chi connectivity index (χ0) is 33.8. The van der Waals surface area contributed by atoms with Crippen LogP contribution in [0.15, 0.2) is 48.5 Å². The van der Waals surface area contributed by atoms with Gasteiger partial charge in [0.05, 0.1) is 22.1 Å². The van der Waals surface area contributed by atoms with E-state index in [9.17, 15) is 32.5 Å². The smallest absolute Gasteiger partial charge is 0.490 e. The van der Waals surface area contributed by atoms with Gasteiger partial charge in [-0.25, -0.2) is 9.18 Å². The predicted octanol–water partition coefficient (Wildman–Crippen LogP) is 9.89. The third-order valence-electron chi connectivity index (χ3n) is 5.98. The van der Waals surface area contributed by atoms with Crippen molar-refractivity contribution in [2.45, 2.75) is 52.0 Å². The molecule has 0 amide bonds. The maximum absolute atomic E-state index is 13.9. The van der Waals surface area contributed by atoms with Gasteiger partial charge in [0.15, 0.2) is 11.5 Å². The van der Waals surface area contributed by atoms with Crippen LogP contribution in [0.2, 0.25) is 28.2 Å². The molecule has 0 aliphatic heterocycles. The molecule has 0 atom stereocenters. The molecule has 0 aliphatic carbocycles. The van der Waals surface area contributed by atoms with Gasteiger partial charge in [-0.15, -0.1) is 0 Å². The van der Waals surface area contributed by atoms with Crippen LogP contribution in [0.5, 0.6) is 17.2 Å². The predicted molar refractivity (Wildman–Crippen MR) is 162 cm³/mol. The Hall–Kier alpha value is -3.68. The van der Waals surface area contributed by atoms with Gasteiger partial charge in [0.1, 0.15) is 17.3 Å². The molecule has 0 aliphatic rings. The number of ether oxygens (including phenoxy) is 2. The SMILES string of the molecule is CC[Si](CC)CC.COc1ccc(Oc2c(Cl)cc([N+](=O)[O-])cc2Cl)cc1-c1cc(F)ccc1C(C)=O.O=C(O)C(F)(F)F. The van der Waals surface area contributed by atoms with Gasteiger partial charge in [-0.3, -0.25) is 14.9 Å². The summed E-state index contributed by atoms with van der Waals surface area (Å²) in [4.78, 5) is 31.2. The number of ketones is 1. The van der Waals surface area contributed by atoms with Crippen LogP contribution in [0.25, 0.3) is 11.1 Å². The van der Waals surface area contributed by atoms with E-state index in [0.29, 0.717) is 22.4 Å². The standard InChI is InChI=1S/C21H14Cl2FNO5.C6H15Si.C2HF3O2/c1-11(26)15-5-3-12(24)7-16(15)17-10-14(4-6-20(17)29-2)30-21-18(22)8-13(25(27)28)9-19(21)23;1-4-7(5-2)6-3;3-2(4,5)1(6)7/h3-10H,1-2H3;4-6H2,1-3H3;(H,6,7). The molecule has 8 nitrogen and oxygen atoms in total. The minimum atomic E-state index is -5.08. The van der Waals surface area contributed by atoms with Crippen molar-refractivity contribution < 1.29 is 46.7 Å². The highest BCUT2D eigenvalue weighted by Gasteiger charge is 2.38. The maximum Gasteiger partial charge on any atom is 0.490 e. The number of carbonyl (C=O) groups excluding carboxylic acids is 1. The number of carbonyl (C=O) groups is 2. The topological polar surface area (TPSA) is 116 Å². The summed E-state index contributed by atoms with van der Waals surface area (Å²) in [5.74, 6) is -2.87. The average molecular weight is 680 g/mol. The first-order valence-corrected chi connectivity index (χ1v) is 15.8. The van der Waals surface area contributed by atoms with Crippen LogP contribution >= 0.6 is 23.2 Å². The Balaban J connectivity index is 0.000000574. The Morgan fingerprint density at radius 1 is 0.955 bits per heavy atom. The van der Waals surface area contributed by atoms with Gasteiger partial charge in [0.25, 0.3) is 5.69 Å². The summed E-state index contributed by atoms with van der Waals surface area (Å²) >= 11 is 12.2. The monoisotopic (exact) mass is 678 g/mol. The number of aliphatic carboxylic acids is 1. The van der Waals surface area contributed by atoms with E-state index in [0.717, 1.165) is 12.1 Å². The molecule has 0 saturated heterocycles. The molecule has 15 heteroatoms. The molecule has 0 heterocycles. The number of nitro groups is 1. The summed E-state index contributed by atoms with van der Waals surface area (Å²) in [6, 6.07) is 15.1. The van der Waals surface area contributed by atoms with Crippen LogP contribution < -0.4 is 9.47 Å². The van der Waals surface area contributed by atoms with E-state index in [4.69, 9.17) is 42.6 Å². The summed E-state index contributed by atoms with van der Waals surface area (Å²) < 4.78 is 56.7. The number of rotatable bonds is 9. The van der Waals surface area contributed by atoms with Gasteiger partial charge in [-0.1, -0.05) is 62.1 Å². The lowest BCUT2D eigenvalue weighted by Crippen LogP contribution is -2.21. The Bertz CT molecular complexity index is 1440. The van der Waals surface area contributed by atoms with E-state index in [2.05, 4.69) is 20.8 Å². The highest BCUT2D eigenvalue weighted by Crippen LogP contribution is 2.42. The third kappa shape index (κ3) is 11.4. The van der Waals surface area contributed by atoms with Gasteiger partial charge >= 0.3 is 12.1 Å². The van der Waals surface area contributed by atoms with E-state index in [1.165, 1.54) is 56.4 Å². The number of nitro benzene ring substituents is 1. The van der Waals surface area contributed by atoms with Gasteiger partial charge in [0.2, 0.25) is 0 Å². The molecule has 0 unspecified atom stereocenters. The fourth-order valence-electron chi connectivity index (χ4n) is 3.62. The third-order valence-corrected chi connectivity index (χ3v) is 9.54. The first-order chi connectivity index (χ1) is 20.5. The lowest BCUT2D eigenvalue weighted by Gasteiger charge is -2.15. The fourth-order valence-corrected chi connectivity index (χ4v) is 5.68. The molecule has 0 bridgehead atoms. The van der Waals surface area contributed by atoms with Crippen LogP contribution in [-0.4, -0.2) is 43.9 Å². The molecule has 239 valence electrons. The molecule has 0 fully saturated rings. The molecule has 0 spiro atoms. The molecule has 44 heavy (non-hydrogen) atoms. The normalized spacial score (nSPS) is 10.6. The van der Waals surface area contributed by atoms with E-state index in [1.54, 1.807) is 12.1 Å². The van der Waals surface area contributed by atoms with Gasteiger partial charge in [-0.2, -0.15) is 13.2 Å². The number of nitrogens with zero attached hydrogens (tertiary/aromatic N) is 1. The molecule has 3 aromatic rings. The van der Waals surface area contributed by atoms with E-state index < -0.39 is 22.9 Å². The molecular weight excluding hydrogens is 649 g/mol. The summed E-state index contributed by atoms with van der Waals surface area (Å²) in [6.07, 6.45) is -5.08. The number of carboxylic acids is 1. The number of hydrogen-bond donors (Lipinski definition) is 1. The largest absolute Gasteiger partial charge is 0.496 e. The van der Waals surface area contributed by atoms with E-state index >= 15 is 0 Å². The Labute approximate surface area is 263 Å². The van der Waals surface area contributed by atoms with Gasteiger partial charge in [0, 0.05) is 32.1 Å². The van der Waals surface area contributed by atoms with Crippen LogP contribution in [0.4, 0.5) is 23.2 Å². The number of methoxy groups -OCH3 is 1. The minimum absolute atomic E-state index is 0.0195. The molecule has 1 radical (unpaired) electrons. The number of hydrogen-bond acceptors (Lipinski definition) is 6. The lowest BCUT2D eigenvalue weighted by atomic mass is 9.96. The van der Waals surface area contributed by atoms with Crippen LogP contribution in [0.3, 0.4) is 0 Å². The van der Waals surface area contributed by atoms with Crippen molar-refractivity contribution in [3.63, 3.8) is 0 Å². The summed E-state index contributed by atoms with van der Waals surface area (Å²) in [5, 5.41) is 18.0. The van der Waals surface area contributed by atoms with Crippen molar-refractivity contribution in [2.24, 2.45) is 0 Å². The molecular formula is C29H30Cl2F4NO7Si. The van der Waals surface area contributed by atoms with Crippen molar-refractivity contribution in [2.75, 3.05) is 7.11 Å². The quantitative estimate of drug-likeness (QED) is 0.0787. The summed E-state index contributed by atoms with van der Waals surface area (Å²) in [6.45, 7) is 8.30. The molecule has 1 N–H and O–H groups in total. The maximum atomic E-state index is 13.9. The van der Waals surface area contributed by atoms with Crippen LogP contribution in [0, 0.1) is 15.9 Å². The lowest BCUT2D eigenvalue weighted by molar-refractivity contribution is -0.384. The number of halogens is 6. The van der Waals surface area contributed by atoms with Crippen molar-refractivity contribution in [1.29, 1.82) is 0 Å². The number of alkyl halides is 3. The van der Waals surface area contributed by atoms with Crippen LogP contribution in [-0.2, 0) is 4.79 Å². The number of benzene rings is 3. The van der Waals surface area contributed by atoms with Crippen LogP contribution in [0.1, 0.15) is 38.1 Å². The number of non-ortho nitro benzene ring substituents is 1. The van der Waals surface area contributed by atoms with Crippen molar-refractivity contribution in [3.8, 4) is 28.4 Å². The van der Waals surface area contributed by atoms with E-state index in [1.807, 2.05) is 0 Å². The van der Waals surface area contributed by atoms with Gasteiger partial charge < -0.3 is 14.6 Å². The highest BCUT2D eigenvalue weighted by atomic mass is 35.5. The number of Topliss-reactive ketones (excluding diaryl/α,β-unsaturated/α-hetero) is 1. The second-order valence-electron chi connectivity index (χ2n) is 8.82. The zero-order valence-corrected chi connectivity index (χ0v) is 26.9. The van der Waals surface area contributed by atoms with Gasteiger partial charge in [-0.05, 0) is 48.9 Å². The molecule has 3 rings (SSSR count). The molecule has 3 aromatic carbocycles.